The predicted molar refractivity (Wildman–Crippen MR) is 162 cm³/mol. The highest BCUT2D eigenvalue weighted by Crippen LogP contribution is 2.65. The molecule has 0 amide bonds. The predicted octanol–water partition coefficient (Wildman–Crippen LogP) is 3.55. The first-order valence-corrected chi connectivity index (χ1v) is 16.0. The normalized spacial score (nSPS) is 35.4. The van der Waals surface area contributed by atoms with Crippen molar-refractivity contribution in [1.82, 2.24) is 0 Å². The van der Waals surface area contributed by atoms with Crippen molar-refractivity contribution in [2.45, 2.75) is 115 Å². The molecule has 4 aliphatic rings. The molecular formula is C35H42O12. The highest BCUT2D eigenvalue weighted by Gasteiger charge is 2.63. The molecule has 0 N–H and O–H groups in total. The molecule has 12 nitrogen and oxygen atoms in total. The van der Waals surface area contributed by atoms with Crippen LogP contribution in [0, 0.1) is 29.6 Å². The average molecular weight is 655 g/mol. The summed E-state index contributed by atoms with van der Waals surface area (Å²) in [5.74, 6) is 0.676. The molecule has 47 heavy (non-hydrogen) atoms. The molecule has 5 rings (SSSR count). The van der Waals surface area contributed by atoms with Crippen molar-refractivity contribution < 1.29 is 57.1 Å². The van der Waals surface area contributed by atoms with Gasteiger partial charge in [-0.05, 0) is 79.5 Å². The Bertz CT molecular complexity index is 1480. The number of rotatable bonds is 7. The van der Waals surface area contributed by atoms with Crippen molar-refractivity contribution >= 4 is 29.8 Å². The smallest absolute Gasteiger partial charge is 0.339 e. The zero-order valence-corrected chi connectivity index (χ0v) is 27.6. The van der Waals surface area contributed by atoms with Gasteiger partial charge in [-0.15, -0.1) is 6.42 Å². The quantitative estimate of drug-likeness (QED) is 0.240. The van der Waals surface area contributed by atoms with Gasteiger partial charge in [0.25, 0.3) is 0 Å². The van der Waals surface area contributed by atoms with E-state index in [1.165, 1.54) is 12.5 Å². The maximum absolute atomic E-state index is 12.8. The summed E-state index contributed by atoms with van der Waals surface area (Å²) in [6.07, 6.45) is 3.68. The second-order valence-corrected chi connectivity index (χ2v) is 13.1. The Labute approximate surface area is 274 Å². The van der Waals surface area contributed by atoms with Gasteiger partial charge in [-0.25, -0.2) is 4.79 Å². The lowest BCUT2D eigenvalue weighted by molar-refractivity contribution is -0.282. The maximum Gasteiger partial charge on any atom is 0.339 e. The molecule has 1 aliphatic heterocycles. The first-order chi connectivity index (χ1) is 22.2. The molecule has 0 bridgehead atoms. The van der Waals surface area contributed by atoms with E-state index in [0.717, 1.165) is 65.5 Å². The van der Waals surface area contributed by atoms with Crippen LogP contribution in [0.3, 0.4) is 0 Å². The standard InChI is InChI=1S/C35H42O12/c1-8-35(47-21(5)39)16-14-27-26-11-9-22-17-23(10-12-24(22)25(26)13-15-34(27,35)6)45-33-31(44-20(4)38)29(43-19(3)37)28(42-18(2)36)30(46-33)32(40)41-7/h1,10,12,17,25-31,33H,9,11,13-16H2,2-7H3/t25-,26-,27+,28+,29+,30+,31+,33-,34+,35+/m1/s1. The Morgan fingerprint density at radius 2 is 1.53 bits per heavy atom. The summed E-state index contributed by atoms with van der Waals surface area (Å²) in [5, 5.41) is 0. The van der Waals surface area contributed by atoms with E-state index in [1.54, 1.807) is 6.07 Å². The second kappa shape index (κ2) is 13.2. The second-order valence-electron chi connectivity index (χ2n) is 13.1. The Hall–Kier alpha value is -4.11. The SMILES string of the molecule is C#C[C@]1(OC(C)=O)CC[C@H]2[C@@H]3CCc4cc(O[C@@H]5O[C@H](C(=O)OC)[C@@H](OC(C)=O)[C@H](OC(C)=O)[C@@H]5OC(C)=O)ccc4[C@H]3CC[C@@]21C. The number of hydrogen-bond donors (Lipinski definition) is 0. The number of hydrogen-bond acceptors (Lipinski definition) is 12. The molecule has 3 aliphatic carbocycles. The highest BCUT2D eigenvalue weighted by atomic mass is 16.7. The van der Waals surface area contributed by atoms with Crippen LogP contribution in [0.5, 0.6) is 5.75 Å². The number of terminal acetylenes is 1. The molecule has 10 atom stereocenters. The molecule has 1 heterocycles. The van der Waals surface area contributed by atoms with Crippen LogP contribution in [0.4, 0.5) is 0 Å². The van der Waals surface area contributed by atoms with E-state index >= 15 is 0 Å². The van der Waals surface area contributed by atoms with E-state index in [-0.39, 0.29) is 17.3 Å². The fourth-order valence-electron chi connectivity index (χ4n) is 8.62. The Morgan fingerprint density at radius 3 is 2.15 bits per heavy atom. The monoisotopic (exact) mass is 654 g/mol. The van der Waals surface area contributed by atoms with Gasteiger partial charge < -0.3 is 33.2 Å². The number of fused-ring (bicyclic) bond motifs is 5. The molecule has 1 aromatic rings. The summed E-state index contributed by atoms with van der Waals surface area (Å²) in [5.41, 5.74) is 1.10. The third-order valence-electron chi connectivity index (χ3n) is 10.5. The fourth-order valence-corrected chi connectivity index (χ4v) is 8.62. The van der Waals surface area contributed by atoms with E-state index in [0.29, 0.717) is 24.0 Å². The van der Waals surface area contributed by atoms with Crippen LogP contribution >= 0.6 is 0 Å². The van der Waals surface area contributed by atoms with Crippen LogP contribution in [0.1, 0.15) is 83.8 Å². The molecule has 254 valence electrons. The van der Waals surface area contributed by atoms with Crippen LogP contribution in [0.15, 0.2) is 18.2 Å². The van der Waals surface area contributed by atoms with Gasteiger partial charge in [0, 0.05) is 33.1 Å². The van der Waals surface area contributed by atoms with Crippen LogP contribution < -0.4 is 4.74 Å². The van der Waals surface area contributed by atoms with E-state index in [1.807, 2.05) is 12.1 Å². The molecule has 12 heteroatoms. The van der Waals surface area contributed by atoms with Gasteiger partial charge in [-0.1, -0.05) is 18.9 Å². The third-order valence-corrected chi connectivity index (χ3v) is 10.5. The summed E-state index contributed by atoms with van der Waals surface area (Å²) < 4.78 is 39.1. The zero-order valence-electron chi connectivity index (χ0n) is 27.6. The van der Waals surface area contributed by atoms with Gasteiger partial charge in [0.05, 0.1) is 7.11 Å². The van der Waals surface area contributed by atoms with Crippen molar-refractivity contribution in [1.29, 1.82) is 0 Å². The van der Waals surface area contributed by atoms with Gasteiger partial charge in [0.2, 0.25) is 12.4 Å². The van der Waals surface area contributed by atoms with Crippen LogP contribution in [0.25, 0.3) is 0 Å². The first-order valence-electron chi connectivity index (χ1n) is 16.0. The lowest BCUT2D eigenvalue weighted by Gasteiger charge is -2.52. The van der Waals surface area contributed by atoms with Crippen molar-refractivity contribution in [3.05, 3.63) is 29.3 Å². The summed E-state index contributed by atoms with van der Waals surface area (Å²) in [7, 11) is 1.13. The number of carbonyl (C=O) groups is 5. The molecular weight excluding hydrogens is 612 g/mol. The minimum Gasteiger partial charge on any atom is -0.467 e. The van der Waals surface area contributed by atoms with Gasteiger partial charge in [-0.2, -0.15) is 0 Å². The van der Waals surface area contributed by atoms with E-state index in [9.17, 15) is 24.0 Å². The zero-order chi connectivity index (χ0) is 34.3. The number of aryl methyl sites for hydroxylation is 1. The van der Waals surface area contributed by atoms with Crippen LogP contribution in [0.2, 0.25) is 0 Å². The van der Waals surface area contributed by atoms with Crippen molar-refractivity contribution in [2.24, 2.45) is 17.3 Å². The molecule has 3 fully saturated rings. The number of esters is 5. The Morgan fingerprint density at radius 1 is 0.872 bits per heavy atom. The van der Waals surface area contributed by atoms with Crippen molar-refractivity contribution in [2.75, 3.05) is 7.11 Å². The molecule has 1 aromatic carbocycles. The summed E-state index contributed by atoms with van der Waals surface area (Å²) >= 11 is 0. The minimum absolute atomic E-state index is 0.290. The van der Waals surface area contributed by atoms with Gasteiger partial charge >= 0.3 is 29.8 Å². The number of ether oxygens (including phenoxy) is 7. The summed E-state index contributed by atoms with van der Waals surface area (Å²) in [6, 6.07) is 5.71. The van der Waals surface area contributed by atoms with E-state index < -0.39 is 60.2 Å². The van der Waals surface area contributed by atoms with Gasteiger partial charge in [-0.3, -0.25) is 19.2 Å². The lowest BCUT2D eigenvalue weighted by Crippen LogP contribution is -2.64. The molecule has 0 aromatic heterocycles. The molecule has 2 saturated carbocycles. The Balaban J connectivity index is 1.42. The largest absolute Gasteiger partial charge is 0.467 e. The van der Waals surface area contributed by atoms with Crippen molar-refractivity contribution in [3.63, 3.8) is 0 Å². The first kappa shape index (κ1) is 34.2. The summed E-state index contributed by atoms with van der Waals surface area (Å²) in [6.45, 7) is 6.99. The van der Waals surface area contributed by atoms with E-state index in [2.05, 4.69) is 12.8 Å². The van der Waals surface area contributed by atoms with Crippen molar-refractivity contribution in [3.8, 4) is 18.1 Å². The van der Waals surface area contributed by atoms with Crippen LogP contribution in [-0.4, -0.2) is 73.3 Å². The average Bonchev–Trinajstić information content (AvgIpc) is 3.30. The number of benzene rings is 1. The van der Waals surface area contributed by atoms with Crippen LogP contribution in [-0.2, 0) is 58.8 Å². The highest BCUT2D eigenvalue weighted by molar-refractivity contribution is 5.77. The minimum atomic E-state index is -1.55. The Kier molecular flexibility index (Phi) is 9.60. The molecule has 0 unspecified atom stereocenters. The topological polar surface area (TPSA) is 150 Å². The maximum atomic E-state index is 12.8. The molecule has 0 spiro atoms. The molecule has 1 saturated heterocycles. The fraction of sp³-hybridized carbons (Fsp3) is 0.629. The van der Waals surface area contributed by atoms with E-state index in [4.69, 9.17) is 39.6 Å². The third kappa shape index (κ3) is 6.30. The van der Waals surface area contributed by atoms with Gasteiger partial charge in [0.1, 0.15) is 5.75 Å². The lowest BCUT2D eigenvalue weighted by atomic mass is 9.53. The van der Waals surface area contributed by atoms with Gasteiger partial charge in [0.15, 0.2) is 23.9 Å². The summed E-state index contributed by atoms with van der Waals surface area (Å²) in [4.78, 5) is 61.1. The number of carbonyl (C=O) groups excluding carboxylic acids is 5. The number of methoxy groups -OCH3 is 1. The molecule has 0 radical (unpaired) electrons.